The number of nitrogens with zero attached hydrogens (tertiary/aromatic N) is 1. The largest absolute Gasteiger partial charge is 0.376 e. The van der Waals surface area contributed by atoms with E-state index in [2.05, 4.69) is 15.6 Å². The van der Waals surface area contributed by atoms with Crippen molar-refractivity contribution in [2.75, 3.05) is 19.7 Å². The van der Waals surface area contributed by atoms with Gasteiger partial charge in [0.2, 0.25) is 5.91 Å². The molecule has 4 rings (SSSR count). The van der Waals surface area contributed by atoms with Crippen molar-refractivity contribution < 1.29 is 9.53 Å². The quantitative estimate of drug-likeness (QED) is 0.749. The van der Waals surface area contributed by atoms with Gasteiger partial charge in [0.25, 0.3) is 0 Å². The van der Waals surface area contributed by atoms with E-state index in [0.717, 1.165) is 49.7 Å². The molecule has 5 nitrogen and oxygen atoms in total. The summed E-state index contributed by atoms with van der Waals surface area (Å²) in [7, 11) is 0. The third-order valence-corrected chi connectivity index (χ3v) is 5.92. The highest BCUT2D eigenvalue weighted by Gasteiger charge is 2.41. The van der Waals surface area contributed by atoms with Crippen LogP contribution in [0, 0.1) is 24.7 Å². The van der Waals surface area contributed by atoms with Crippen LogP contribution in [-0.2, 0) is 16.0 Å². The van der Waals surface area contributed by atoms with E-state index >= 15 is 0 Å². The van der Waals surface area contributed by atoms with Gasteiger partial charge in [-0.05, 0) is 81.1 Å². The van der Waals surface area contributed by atoms with Crippen LogP contribution in [0.15, 0.2) is 18.3 Å². The fraction of sp³-hybridized carbons (Fsp3) is 0.700. The highest BCUT2D eigenvalue weighted by Crippen LogP contribution is 2.36. The molecule has 2 saturated carbocycles. The number of pyridine rings is 1. The first-order chi connectivity index (χ1) is 12.2. The Morgan fingerprint density at radius 1 is 1.26 bits per heavy atom. The number of aromatic nitrogens is 1. The number of halogens is 2. The standard InChI is InChI=1S/C20H29N3O2.2ClH/c1-13-4-5-22-17(6-13)9-20(24)23-18-7-15-10-21-11-16(15)8-19(18)25-12-14-2-3-14;;/h4-6,14-16,18-19,21H,2-3,7-12H2,1H3,(H,23,24);2*1H/t15-,16+,18-,19-;;/m0../s1. The average molecular weight is 416 g/mol. The van der Waals surface area contributed by atoms with Crippen molar-refractivity contribution in [2.24, 2.45) is 17.8 Å². The second-order valence-corrected chi connectivity index (χ2v) is 8.14. The zero-order valence-electron chi connectivity index (χ0n) is 15.9. The number of carbonyl (C=O) groups excluding carboxylic acids is 1. The van der Waals surface area contributed by atoms with Gasteiger partial charge in [0.05, 0.1) is 18.6 Å². The van der Waals surface area contributed by atoms with Gasteiger partial charge in [0.1, 0.15) is 0 Å². The molecule has 0 radical (unpaired) electrons. The number of carbonyl (C=O) groups is 1. The maximum Gasteiger partial charge on any atom is 0.226 e. The molecule has 4 atom stereocenters. The van der Waals surface area contributed by atoms with Gasteiger partial charge in [-0.1, -0.05) is 0 Å². The van der Waals surface area contributed by atoms with Crippen molar-refractivity contribution in [3.8, 4) is 0 Å². The summed E-state index contributed by atoms with van der Waals surface area (Å²) < 4.78 is 6.24. The molecule has 0 aromatic carbocycles. The van der Waals surface area contributed by atoms with E-state index in [1.807, 2.05) is 19.1 Å². The van der Waals surface area contributed by atoms with Crippen LogP contribution in [0.4, 0.5) is 0 Å². The first-order valence-corrected chi connectivity index (χ1v) is 9.70. The van der Waals surface area contributed by atoms with E-state index in [1.165, 1.54) is 12.8 Å². The second kappa shape index (κ2) is 10.1. The molecule has 1 aromatic heterocycles. The first kappa shape index (κ1) is 22.4. The van der Waals surface area contributed by atoms with E-state index in [9.17, 15) is 4.79 Å². The van der Waals surface area contributed by atoms with Gasteiger partial charge in [-0.3, -0.25) is 9.78 Å². The molecule has 3 aliphatic rings. The summed E-state index contributed by atoms with van der Waals surface area (Å²) in [6.07, 6.45) is 6.98. The third-order valence-electron chi connectivity index (χ3n) is 5.92. The molecule has 7 heteroatoms. The maximum atomic E-state index is 12.6. The molecule has 1 saturated heterocycles. The molecule has 0 unspecified atom stereocenters. The Morgan fingerprint density at radius 2 is 2.00 bits per heavy atom. The Kier molecular flexibility index (Phi) is 8.35. The minimum absolute atomic E-state index is 0. The molecular formula is C20H31Cl2N3O2. The predicted octanol–water partition coefficient (Wildman–Crippen LogP) is 2.69. The lowest BCUT2D eigenvalue weighted by atomic mass is 9.77. The average Bonchev–Trinajstić information content (AvgIpc) is 3.30. The monoisotopic (exact) mass is 415 g/mol. The lowest BCUT2D eigenvalue weighted by molar-refractivity contribution is -0.123. The normalized spacial score (nSPS) is 29.2. The van der Waals surface area contributed by atoms with E-state index in [1.54, 1.807) is 6.20 Å². The Morgan fingerprint density at radius 3 is 2.70 bits per heavy atom. The molecule has 1 aliphatic heterocycles. The van der Waals surface area contributed by atoms with Crippen LogP contribution in [0.25, 0.3) is 0 Å². The smallest absolute Gasteiger partial charge is 0.226 e. The molecular weight excluding hydrogens is 385 g/mol. The minimum Gasteiger partial charge on any atom is -0.376 e. The molecule has 2 heterocycles. The number of hydrogen-bond donors (Lipinski definition) is 2. The van der Waals surface area contributed by atoms with Gasteiger partial charge in [-0.25, -0.2) is 0 Å². The summed E-state index contributed by atoms with van der Waals surface area (Å²) in [4.78, 5) is 16.9. The fourth-order valence-electron chi connectivity index (χ4n) is 4.28. The number of amides is 1. The summed E-state index contributed by atoms with van der Waals surface area (Å²) in [6, 6.07) is 4.08. The van der Waals surface area contributed by atoms with Gasteiger partial charge < -0.3 is 15.4 Å². The molecule has 0 bridgehead atoms. The maximum absolute atomic E-state index is 12.6. The first-order valence-electron chi connectivity index (χ1n) is 9.70. The van der Waals surface area contributed by atoms with Gasteiger partial charge >= 0.3 is 0 Å². The van der Waals surface area contributed by atoms with E-state index < -0.39 is 0 Å². The van der Waals surface area contributed by atoms with Gasteiger partial charge in [0, 0.05) is 18.5 Å². The fourth-order valence-corrected chi connectivity index (χ4v) is 4.28. The summed E-state index contributed by atoms with van der Waals surface area (Å²) in [6.45, 7) is 5.06. The van der Waals surface area contributed by atoms with Gasteiger partial charge in [0.15, 0.2) is 0 Å². The van der Waals surface area contributed by atoms with Crippen LogP contribution in [0.1, 0.15) is 36.9 Å². The van der Waals surface area contributed by atoms with Crippen LogP contribution >= 0.6 is 24.8 Å². The molecule has 152 valence electrons. The minimum atomic E-state index is 0. The zero-order valence-corrected chi connectivity index (χ0v) is 17.5. The van der Waals surface area contributed by atoms with Crippen molar-refractivity contribution in [2.45, 2.75) is 51.2 Å². The number of ether oxygens (including phenoxy) is 1. The topological polar surface area (TPSA) is 63.2 Å². The molecule has 0 spiro atoms. The van der Waals surface area contributed by atoms with Crippen LogP contribution in [0.2, 0.25) is 0 Å². The highest BCUT2D eigenvalue weighted by atomic mass is 35.5. The van der Waals surface area contributed by atoms with Crippen molar-refractivity contribution in [3.63, 3.8) is 0 Å². The summed E-state index contributed by atoms with van der Waals surface area (Å²) >= 11 is 0. The van der Waals surface area contributed by atoms with Crippen molar-refractivity contribution in [3.05, 3.63) is 29.6 Å². The third kappa shape index (κ3) is 6.05. The highest BCUT2D eigenvalue weighted by molar-refractivity contribution is 5.85. The summed E-state index contributed by atoms with van der Waals surface area (Å²) in [5, 5.41) is 6.77. The molecule has 1 aromatic rings. The lowest BCUT2D eigenvalue weighted by Crippen LogP contribution is -2.51. The van der Waals surface area contributed by atoms with E-state index in [-0.39, 0.29) is 42.9 Å². The summed E-state index contributed by atoms with van der Waals surface area (Å²) in [5.41, 5.74) is 1.98. The summed E-state index contributed by atoms with van der Waals surface area (Å²) in [5.74, 6) is 2.19. The number of hydrogen-bond acceptors (Lipinski definition) is 4. The molecule has 2 aliphatic carbocycles. The Hall–Kier alpha value is -0.880. The van der Waals surface area contributed by atoms with Gasteiger partial charge in [-0.2, -0.15) is 0 Å². The Labute approximate surface area is 174 Å². The number of nitrogens with one attached hydrogen (secondary N) is 2. The van der Waals surface area contributed by atoms with Crippen molar-refractivity contribution in [1.82, 2.24) is 15.6 Å². The molecule has 3 fully saturated rings. The van der Waals surface area contributed by atoms with Crippen molar-refractivity contribution >= 4 is 30.7 Å². The van der Waals surface area contributed by atoms with E-state index in [0.29, 0.717) is 18.3 Å². The Balaban J connectivity index is 0.00000131. The zero-order chi connectivity index (χ0) is 17.2. The molecule has 2 N–H and O–H groups in total. The number of rotatable bonds is 6. The predicted molar refractivity (Wildman–Crippen MR) is 111 cm³/mol. The molecule has 27 heavy (non-hydrogen) atoms. The van der Waals surface area contributed by atoms with Crippen molar-refractivity contribution in [1.29, 1.82) is 0 Å². The SMILES string of the molecule is Cc1ccnc(CC(=O)N[C@H]2C[C@H]3CNC[C@H]3C[C@@H]2OCC2CC2)c1.Cl.Cl. The number of aryl methyl sites for hydroxylation is 1. The lowest BCUT2D eigenvalue weighted by Gasteiger charge is -2.38. The number of fused-ring (bicyclic) bond motifs is 1. The van der Waals surface area contributed by atoms with Crippen LogP contribution in [0.3, 0.4) is 0 Å². The second-order valence-electron chi connectivity index (χ2n) is 8.14. The van der Waals surface area contributed by atoms with Crippen LogP contribution in [-0.4, -0.2) is 42.7 Å². The molecule has 1 amide bonds. The van der Waals surface area contributed by atoms with Gasteiger partial charge in [-0.15, -0.1) is 24.8 Å². The Bertz CT molecular complexity index is 627. The van der Waals surface area contributed by atoms with Crippen LogP contribution in [0.5, 0.6) is 0 Å². The van der Waals surface area contributed by atoms with Crippen LogP contribution < -0.4 is 10.6 Å². The van der Waals surface area contributed by atoms with E-state index in [4.69, 9.17) is 4.74 Å².